The smallest absolute Gasteiger partial charge is 0.167 e. The van der Waals surface area contributed by atoms with Crippen LogP contribution in [0, 0.1) is 0 Å². The van der Waals surface area contributed by atoms with Crippen LogP contribution >= 0.6 is 11.8 Å². The van der Waals surface area contributed by atoms with Crippen molar-refractivity contribution in [2.75, 3.05) is 6.26 Å². The summed E-state index contributed by atoms with van der Waals surface area (Å²) >= 11 is 1.66. The molecule has 4 aromatic rings. The summed E-state index contributed by atoms with van der Waals surface area (Å²) < 4.78 is 4.32. The summed E-state index contributed by atoms with van der Waals surface area (Å²) in [7, 11) is 4.15. The summed E-state index contributed by atoms with van der Waals surface area (Å²) in [6.45, 7) is 4.35. The molecule has 2 aromatic carbocycles. The largest absolute Gasteiger partial charge is 0.331 e. The molecule has 0 amide bonds. The summed E-state index contributed by atoms with van der Waals surface area (Å²) in [4.78, 5) is 9.05. The van der Waals surface area contributed by atoms with E-state index in [-0.39, 0.29) is 0 Å². The van der Waals surface area contributed by atoms with Gasteiger partial charge in [-0.05, 0) is 28.5 Å². The third-order valence-electron chi connectivity index (χ3n) is 5.36. The van der Waals surface area contributed by atoms with Crippen LogP contribution in [-0.4, -0.2) is 25.4 Å². The van der Waals surface area contributed by atoms with Crippen LogP contribution in [0.3, 0.4) is 0 Å². The van der Waals surface area contributed by atoms with Crippen molar-refractivity contribution in [2.24, 2.45) is 14.1 Å². The van der Waals surface area contributed by atoms with Gasteiger partial charge in [0, 0.05) is 20.0 Å². The highest BCUT2D eigenvalue weighted by molar-refractivity contribution is 7.98. The van der Waals surface area contributed by atoms with Gasteiger partial charge in [0.2, 0.25) is 0 Å². The van der Waals surface area contributed by atoms with Crippen LogP contribution < -0.4 is 0 Å². The van der Waals surface area contributed by atoms with Gasteiger partial charge in [0.1, 0.15) is 5.82 Å². The van der Waals surface area contributed by atoms with E-state index >= 15 is 0 Å². The standard InChI is InChI=1S/C24H26N4S/c1-16(2)23-25-14-21(27(23)3)19-10-6-17(7-11-19)18-8-12-20(13-9-18)22-15-26-24(29-5)28(22)4/h6-16H,1-5H3. The van der Waals surface area contributed by atoms with Crippen molar-refractivity contribution in [1.29, 1.82) is 0 Å². The predicted molar refractivity (Wildman–Crippen MR) is 122 cm³/mol. The van der Waals surface area contributed by atoms with Crippen molar-refractivity contribution >= 4 is 11.8 Å². The molecule has 4 rings (SSSR count). The van der Waals surface area contributed by atoms with E-state index in [4.69, 9.17) is 0 Å². The topological polar surface area (TPSA) is 35.6 Å². The molecule has 0 aliphatic heterocycles. The van der Waals surface area contributed by atoms with Gasteiger partial charge in [-0.15, -0.1) is 0 Å². The van der Waals surface area contributed by atoms with Gasteiger partial charge in [0.25, 0.3) is 0 Å². The molecule has 0 N–H and O–H groups in total. The Kier molecular flexibility index (Phi) is 5.33. The average Bonchev–Trinajstić information content (AvgIpc) is 3.30. The van der Waals surface area contributed by atoms with Gasteiger partial charge in [-0.1, -0.05) is 74.1 Å². The van der Waals surface area contributed by atoms with Gasteiger partial charge in [-0.3, -0.25) is 0 Å². The van der Waals surface area contributed by atoms with Crippen LogP contribution in [0.5, 0.6) is 0 Å². The minimum absolute atomic E-state index is 0.415. The second kappa shape index (κ2) is 7.91. The molecule has 0 spiro atoms. The molecule has 0 aliphatic rings. The minimum Gasteiger partial charge on any atom is -0.331 e. The van der Waals surface area contributed by atoms with E-state index in [2.05, 4.69) is 95.6 Å². The van der Waals surface area contributed by atoms with Crippen LogP contribution in [0.25, 0.3) is 33.6 Å². The van der Waals surface area contributed by atoms with Gasteiger partial charge in [0.15, 0.2) is 5.16 Å². The second-order valence-corrected chi connectivity index (χ2v) is 8.33. The van der Waals surface area contributed by atoms with Crippen molar-refractivity contribution in [3.05, 3.63) is 66.7 Å². The highest BCUT2D eigenvalue weighted by Gasteiger charge is 2.12. The second-order valence-electron chi connectivity index (χ2n) is 7.56. The lowest BCUT2D eigenvalue weighted by Gasteiger charge is -2.10. The first-order valence-electron chi connectivity index (χ1n) is 9.78. The molecule has 0 saturated carbocycles. The fraction of sp³-hybridized carbons (Fsp3) is 0.250. The maximum absolute atomic E-state index is 4.58. The van der Waals surface area contributed by atoms with Crippen LogP contribution in [0.15, 0.2) is 66.1 Å². The minimum atomic E-state index is 0.415. The normalized spacial score (nSPS) is 11.4. The molecule has 2 aromatic heterocycles. The first-order valence-corrected chi connectivity index (χ1v) is 11.0. The van der Waals surface area contributed by atoms with Gasteiger partial charge < -0.3 is 9.13 Å². The van der Waals surface area contributed by atoms with E-state index in [1.807, 2.05) is 18.6 Å². The first-order chi connectivity index (χ1) is 14.0. The van der Waals surface area contributed by atoms with Gasteiger partial charge >= 0.3 is 0 Å². The Morgan fingerprint density at radius 3 is 1.55 bits per heavy atom. The van der Waals surface area contributed by atoms with Crippen molar-refractivity contribution < 1.29 is 0 Å². The van der Waals surface area contributed by atoms with Crippen LogP contribution in [0.4, 0.5) is 0 Å². The molecule has 0 fully saturated rings. The number of aromatic nitrogens is 4. The van der Waals surface area contributed by atoms with Crippen molar-refractivity contribution in [3.63, 3.8) is 0 Å². The maximum Gasteiger partial charge on any atom is 0.167 e. The third kappa shape index (κ3) is 3.62. The molecule has 2 heterocycles. The molecule has 0 radical (unpaired) electrons. The lowest BCUT2D eigenvalue weighted by molar-refractivity contribution is 0.714. The van der Waals surface area contributed by atoms with Crippen molar-refractivity contribution in [1.82, 2.24) is 19.1 Å². The summed E-state index contributed by atoms with van der Waals surface area (Å²) in [6, 6.07) is 17.4. The van der Waals surface area contributed by atoms with Crippen molar-refractivity contribution in [2.45, 2.75) is 24.9 Å². The van der Waals surface area contributed by atoms with Crippen molar-refractivity contribution in [3.8, 4) is 33.6 Å². The Morgan fingerprint density at radius 2 is 1.14 bits per heavy atom. The number of rotatable bonds is 5. The fourth-order valence-corrected chi connectivity index (χ4v) is 4.28. The quantitative estimate of drug-likeness (QED) is 0.384. The Morgan fingerprint density at radius 1 is 0.690 bits per heavy atom. The number of thioether (sulfide) groups is 1. The molecule has 0 unspecified atom stereocenters. The number of hydrogen-bond donors (Lipinski definition) is 0. The number of nitrogens with zero attached hydrogens (tertiary/aromatic N) is 4. The Bertz CT molecular complexity index is 1120. The summed E-state index contributed by atoms with van der Waals surface area (Å²) in [5.74, 6) is 1.53. The predicted octanol–water partition coefficient (Wildman–Crippen LogP) is 6.00. The molecule has 5 heteroatoms. The zero-order valence-electron chi connectivity index (χ0n) is 17.5. The summed E-state index contributed by atoms with van der Waals surface area (Å²) in [6.07, 6.45) is 5.96. The molecule has 0 bridgehead atoms. The highest BCUT2D eigenvalue weighted by atomic mass is 32.2. The van der Waals surface area contributed by atoms with E-state index in [0.717, 1.165) is 22.4 Å². The first kappa shape index (κ1) is 19.5. The van der Waals surface area contributed by atoms with E-state index in [9.17, 15) is 0 Å². The lowest BCUT2D eigenvalue weighted by atomic mass is 10.0. The van der Waals surface area contributed by atoms with Crippen LogP contribution in [-0.2, 0) is 14.1 Å². The van der Waals surface area contributed by atoms with E-state index < -0.39 is 0 Å². The zero-order valence-corrected chi connectivity index (χ0v) is 18.4. The zero-order chi connectivity index (χ0) is 20.5. The van der Waals surface area contributed by atoms with E-state index in [1.165, 1.54) is 22.3 Å². The van der Waals surface area contributed by atoms with Crippen LogP contribution in [0.2, 0.25) is 0 Å². The van der Waals surface area contributed by atoms with Gasteiger partial charge in [-0.25, -0.2) is 9.97 Å². The number of hydrogen-bond acceptors (Lipinski definition) is 3. The Balaban J connectivity index is 1.59. The van der Waals surface area contributed by atoms with Crippen LogP contribution in [0.1, 0.15) is 25.6 Å². The molecule has 0 atom stereocenters. The fourth-order valence-electron chi connectivity index (χ4n) is 3.75. The molecule has 148 valence electrons. The van der Waals surface area contributed by atoms with E-state index in [0.29, 0.717) is 5.92 Å². The molecule has 0 saturated heterocycles. The molecule has 29 heavy (non-hydrogen) atoms. The monoisotopic (exact) mass is 402 g/mol. The Labute approximate surface area is 176 Å². The van der Waals surface area contributed by atoms with Gasteiger partial charge in [0.05, 0.1) is 23.8 Å². The third-order valence-corrected chi connectivity index (χ3v) is 6.11. The lowest BCUT2D eigenvalue weighted by Crippen LogP contribution is -2.01. The maximum atomic E-state index is 4.58. The molecular weight excluding hydrogens is 376 g/mol. The van der Waals surface area contributed by atoms with E-state index in [1.54, 1.807) is 11.8 Å². The summed E-state index contributed by atoms with van der Waals surface area (Å²) in [5, 5.41) is 1.02. The average molecular weight is 403 g/mol. The SMILES string of the molecule is CSc1ncc(-c2ccc(-c3ccc(-c4cnc(C(C)C)n4C)cc3)cc2)n1C. The number of benzene rings is 2. The highest BCUT2D eigenvalue weighted by Crippen LogP contribution is 2.29. The summed E-state index contributed by atoms with van der Waals surface area (Å²) in [5.41, 5.74) is 7.06. The van der Waals surface area contributed by atoms with Gasteiger partial charge in [-0.2, -0.15) is 0 Å². The molecule has 4 nitrogen and oxygen atoms in total. The Hall–Kier alpha value is -2.79. The number of imidazole rings is 2. The molecular formula is C24H26N4S. The molecule has 0 aliphatic carbocycles.